The van der Waals surface area contributed by atoms with Gasteiger partial charge in [0.25, 0.3) is 0 Å². The van der Waals surface area contributed by atoms with Crippen LogP contribution in [0.25, 0.3) is 11.1 Å². The largest absolute Gasteiger partial charge is 0.508 e. The molecule has 6 nitrogen and oxygen atoms in total. The first-order valence-electron chi connectivity index (χ1n) is 14.2. The molecule has 3 N–H and O–H groups in total. The molecule has 0 radical (unpaired) electrons. The van der Waals surface area contributed by atoms with Crippen molar-refractivity contribution in [3.8, 4) is 16.9 Å². The van der Waals surface area contributed by atoms with Gasteiger partial charge in [-0.15, -0.1) is 0 Å². The van der Waals surface area contributed by atoms with Crippen LogP contribution in [-0.2, 0) is 17.8 Å². The standard InChI is InChI=1S/C32H38ClFN4O2/c33-26-9-10-27(23-5-2-1-3-6-23)25(21-26)13-16-36-14-11-24(12-15-36)31(35)32(40)38-19-17-37(18-20-38)22-28-29(34)7-4-8-30(28)39/h1-10,21,24,31,39H,11-20,22,35H2/t31-/m1/s1. The summed E-state index contributed by atoms with van der Waals surface area (Å²) in [4.78, 5) is 19.6. The van der Waals surface area contributed by atoms with E-state index in [-0.39, 0.29) is 17.6 Å². The van der Waals surface area contributed by atoms with Crippen molar-refractivity contribution < 1.29 is 14.3 Å². The Hall–Kier alpha value is -2.97. The van der Waals surface area contributed by atoms with E-state index in [0.717, 1.165) is 43.9 Å². The van der Waals surface area contributed by atoms with Crippen LogP contribution in [0.3, 0.4) is 0 Å². The minimum atomic E-state index is -0.498. The number of piperidine rings is 1. The fraction of sp³-hybridized carbons (Fsp3) is 0.406. The number of nitrogens with zero attached hydrogens (tertiary/aromatic N) is 3. The molecule has 2 aliphatic heterocycles. The number of likely N-dealkylation sites (tertiary alicyclic amines) is 1. The lowest BCUT2D eigenvalue weighted by molar-refractivity contribution is -0.136. The summed E-state index contributed by atoms with van der Waals surface area (Å²) >= 11 is 6.34. The summed E-state index contributed by atoms with van der Waals surface area (Å²) < 4.78 is 14.1. The fourth-order valence-corrected chi connectivity index (χ4v) is 6.14. The second-order valence-corrected chi connectivity index (χ2v) is 11.4. The first-order chi connectivity index (χ1) is 19.4. The van der Waals surface area contributed by atoms with Crippen LogP contribution < -0.4 is 5.73 Å². The molecular formula is C32H38ClFN4O2. The Labute approximate surface area is 241 Å². The molecule has 8 heteroatoms. The highest BCUT2D eigenvalue weighted by atomic mass is 35.5. The fourth-order valence-electron chi connectivity index (χ4n) is 5.95. The lowest BCUT2D eigenvalue weighted by Gasteiger charge is -2.39. The van der Waals surface area contributed by atoms with E-state index >= 15 is 0 Å². The van der Waals surface area contributed by atoms with Gasteiger partial charge in [0.15, 0.2) is 0 Å². The first kappa shape index (κ1) is 28.6. The zero-order valence-electron chi connectivity index (χ0n) is 22.8. The number of phenols is 1. The molecule has 1 atom stereocenters. The average molecular weight is 565 g/mol. The van der Waals surface area contributed by atoms with E-state index in [9.17, 15) is 14.3 Å². The molecule has 212 valence electrons. The van der Waals surface area contributed by atoms with Gasteiger partial charge in [-0.3, -0.25) is 9.69 Å². The van der Waals surface area contributed by atoms with Crippen molar-refractivity contribution in [1.82, 2.24) is 14.7 Å². The number of amides is 1. The van der Waals surface area contributed by atoms with Gasteiger partial charge in [-0.05, 0) is 79.2 Å². The monoisotopic (exact) mass is 564 g/mol. The van der Waals surface area contributed by atoms with Gasteiger partial charge in [0.05, 0.1) is 6.04 Å². The normalized spacial score (nSPS) is 18.1. The van der Waals surface area contributed by atoms with Crippen molar-refractivity contribution >= 4 is 17.5 Å². The summed E-state index contributed by atoms with van der Waals surface area (Å²) in [5.41, 5.74) is 10.5. The topological polar surface area (TPSA) is 73.0 Å². The highest BCUT2D eigenvalue weighted by molar-refractivity contribution is 6.30. The Morgan fingerprint density at radius 3 is 2.38 bits per heavy atom. The van der Waals surface area contributed by atoms with Gasteiger partial charge < -0.3 is 20.6 Å². The zero-order valence-corrected chi connectivity index (χ0v) is 23.6. The number of nitrogens with two attached hydrogens (primary N) is 1. The Morgan fingerprint density at radius 1 is 0.950 bits per heavy atom. The first-order valence-corrected chi connectivity index (χ1v) is 14.6. The van der Waals surface area contributed by atoms with Crippen molar-refractivity contribution in [3.05, 3.63) is 88.7 Å². The van der Waals surface area contributed by atoms with Gasteiger partial charge in [0.2, 0.25) is 5.91 Å². The summed E-state index contributed by atoms with van der Waals surface area (Å²) in [6, 6.07) is 20.4. The lowest BCUT2D eigenvalue weighted by atomic mass is 9.88. The van der Waals surface area contributed by atoms with E-state index in [1.807, 2.05) is 17.0 Å². The van der Waals surface area contributed by atoms with Crippen LogP contribution in [0, 0.1) is 11.7 Å². The van der Waals surface area contributed by atoms with Crippen molar-refractivity contribution in [2.24, 2.45) is 11.7 Å². The summed E-state index contributed by atoms with van der Waals surface area (Å²) in [6.07, 6.45) is 2.72. The van der Waals surface area contributed by atoms with Crippen LogP contribution in [0.15, 0.2) is 66.7 Å². The number of aromatic hydroxyl groups is 1. The maximum absolute atomic E-state index is 14.1. The molecule has 3 aromatic rings. The van der Waals surface area contributed by atoms with Gasteiger partial charge in [-0.25, -0.2) is 4.39 Å². The number of hydrogen-bond donors (Lipinski definition) is 2. The minimum Gasteiger partial charge on any atom is -0.508 e. The molecule has 0 spiro atoms. The molecule has 0 aliphatic carbocycles. The minimum absolute atomic E-state index is 0.0123. The number of carbonyl (C=O) groups is 1. The van der Waals surface area contributed by atoms with Crippen LogP contribution in [0.4, 0.5) is 4.39 Å². The quantitative estimate of drug-likeness (QED) is 0.412. The maximum Gasteiger partial charge on any atom is 0.239 e. The average Bonchev–Trinajstić information content (AvgIpc) is 2.98. The van der Waals surface area contributed by atoms with E-state index in [1.165, 1.54) is 34.9 Å². The van der Waals surface area contributed by atoms with Gasteiger partial charge >= 0.3 is 0 Å². The molecule has 2 heterocycles. The van der Waals surface area contributed by atoms with Gasteiger partial charge in [-0.1, -0.05) is 54.1 Å². The number of carbonyl (C=O) groups excluding carboxylic acids is 1. The predicted octanol–water partition coefficient (Wildman–Crippen LogP) is 4.78. The van der Waals surface area contributed by atoms with Crippen LogP contribution in [0.2, 0.25) is 5.02 Å². The van der Waals surface area contributed by atoms with Gasteiger partial charge in [-0.2, -0.15) is 0 Å². The van der Waals surface area contributed by atoms with Crippen molar-refractivity contribution in [1.29, 1.82) is 0 Å². The number of benzene rings is 3. The molecule has 0 bridgehead atoms. The van der Waals surface area contributed by atoms with Gasteiger partial charge in [0.1, 0.15) is 11.6 Å². The Morgan fingerprint density at radius 2 is 1.68 bits per heavy atom. The van der Waals surface area contributed by atoms with E-state index in [0.29, 0.717) is 38.3 Å². The molecule has 0 saturated carbocycles. The smallest absolute Gasteiger partial charge is 0.239 e. The van der Waals surface area contributed by atoms with E-state index in [1.54, 1.807) is 0 Å². The molecule has 1 amide bonds. The summed E-state index contributed by atoms with van der Waals surface area (Å²) in [5.74, 6) is -0.256. The van der Waals surface area contributed by atoms with Crippen LogP contribution in [-0.4, -0.2) is 77.6 Å². The Bertz CT molecular complexity index is 1270. The second-order valence-electron chi connectivity index (χ2n) is 11.0. The van der Waals surface area contributed by atoms with Crippen molar-refractivity contribution in [3.63, 3.8) is 0 Å². The molecule has 2 fully saturated rings. The zero-order chi connectivity index (χ0) is 28.1. The second kappa shape index (κ2) is 13.1. The van der Waals surface area contributed by atoms with E-state index < -0.39 is 11.9 Å². The van der Waals surface area contributed by atoms with Crippen LogP contribution >= 0.6 is 11.6 Å². The van der Waals surface area contributed by atoms with Gasteiger partial charge in [0, 0.05) is 49.9 Å². The molecule has 2 saturated heterocycles. The summed E-state index contributed by atoms with van der Waals surface area (Å²) in [7, 11) is 0. The number of hydrogen-bond acceptors (Lipinski definition) is 5. The molecule has 0 aromatic heterocycles. The number of halogens is 2. The van der Waals surface area contributed by atoms with E-state index in [4.69, 9.17) is 17.3 Å². The molecule has 2 aliphatic rings. The van der Waals surface area contributed by atoms with Crippen LogP contribution in [0.5, 0.6) is 5.75 Å². The lowest BCUT2D eigenvalue weighted by Crippen LogP contribution is -2.55. The molecule has 0 unspecified atom stereocenters. The Balaban J connectivity index is 1.08. The summed E-state index contributed by atoms with van der Waals surface area (Å²) in [5, 5.41) is 10.8. The van der Waals surface area contributed by atoms with E-state index in [2.05, 4.69) is 46.2 Å². The SMILES string of the molecule is N[C@@H](C(=O)N1CCN(Cc2c(O)cccc2F)CC1)C1CCN(CCc2cc(Cl)ccc2-c2ccccc2)CC1. The summed E-state index contributed by atoms with van der Waals surface area (Å²) in [6.45, 7) is 5.48. The number of piperazine rings is 1. The number of phenolic OH excluding ortho intramolecular Hbond substituents is 1. The third-order valence-electron chi connectivity index (χ3n) is 8.43. The number of rotatable bonds is 8. The van der Waals surface area contributed by atoms with Crippen LogP contribution in [0.1, 0.15) is 24.0 Å². The predicted molar refractivity (Wildman–Crippen MR) is 158 cm³/mol. The highest BCUT2D eigenvalue weighted by Crippen LogP contribution is 2.28. The molecule has 40 heavy (non-hydrogen) atoms. The Kier molecular flexibility index (Phi) is 9.37. The maximum atomic E-state index is 14.1. The molecule has 3 aromatic carbocycles. The highest BCUT2D eigenvalue weighted by Gasteiger charge is 2.33. The van der Waals surface area contributed by atoms with Crippen molar-refractivity contribution in [2.45, 2.75) is 31.8 Å². The third-order valence-corrected chi connectivity index (χ3v) is 8.67. The molecular weight excluding hydrogens is 527 g/mol. The van der Waals surface area contributed by atoms with Crippen molar-refractivity contribution in [2.75, 3.05) is 45.8 Å². The molecule has 5 rings (SSSR count). The third kappa shape index (κ3) is 6.84.